The lowest BCUT2D eigenvalue weighted by Gasteiger charge is -2.13. The molecular formula is C19H25N3O5S. The summed E-state index contributed by atoms with van der Waals surface area (Å²) in [7, 11) is -3.68. The van der Waals surface area contributed by atoms with Crippen molar-refractivity contribution in [2.24, 2.45) is 0 Å². The van der Waals surface area contributed by atoms with Gasteiger partial charge in [0.2, 0.25) is 15.9 Å². The lowest BCUT2D eigenvalue weighted by Crippen LogP contribution is -2.36. The van der Waals surface area contributed by atoms with Crippen LogP contribution < -0.4 is 15.8 Å². The van der Waals surface area contributed by atoms with Gasteiger partial charge in [0.1, 0.15) is 6.54 Å². The summed E-state index contributed by atoms with van der Waals surface area (Å²) in [6, 6.07) is 4.43. The van der Waals surface area contributed by atoms with Crippen molar-refractivity contribution >= 4 is 27.0 Å². The highest BCUT2D eigenvalue weighted by Crippen LogP contribution is 2.23. The Balaban J connectivity index is 1.54. The number of nitrogens with one attached hydrogen (secondary N) is 2. The average Bonchev–Trinajstić information content (AvgIpc) is 3.38. The van der Waals surface area contributed by atoms with Gasteiger partial charge < -0.3 is 9.73 Å². The topological polar surface area (TPSA) is 110 Å². The van der Waals surface area contributed by atoms with Crippen molar-refractivity contribution in [1.29, 1.82) is 0 Å². The molecule has 0 saturated heterocycles. The van der Waals surface area contributed by atoms with Crippen molar-refractivity contribution in [1.82, 2.24) is 14.6 Å². The van der Waals surface area contributed by atoms with Crippen LogP contribution in [-0.4, -0.2) is 31.0 Å². The predicted molar refractivity (Wildman–Crippen MR) is 103 cm³/mol. The fourth-order valence-electron chi connectivity index (χ4n) is 4.18. The van der Waals surface area contributed by atoms with E-state index in [1.807, 2.05) is 0 Å². The molecule has 0 spiro atoms. The van der Waals surface area contributed by atoms with Crippen LogP contribution in [0.2, 0.25) is 0 Å². The van der Waals surface area contributed by atoms with Gasteiger partial charge in [-0.25, -0.2) is 17.9 Å². The normalized spacial score (nSPS) is 18.9. The zero-order valence-electron chi connectivity index (χ0n) is 15.6. The predicted octanol–water partition coefficient (Wildman–Crippen LogP) is 1.87. The second-order valence-corrected chi connectivity index (χ2v) is 9.45. The summed E-state index contributed by atoms with van der Waals surface area (Å²) < 4.78 is 34.3. The number of oxazole rings is 1. The number of aromatic nitrogens is 1. The number of amides is 1. The first-order valence-electron chi connectivity index (χ1n) is 9.87. The Bertz CT molecular complexity index is 1030. The van der Waals surface area contributed by atoms with Crippen molar-refractivity contribution in [2.45, 2.75) is 74.9 Å². The van der Waals surface area contributed by atoms with Gasteiger partial charge in [0.15, 0.2) is 5.58 Å². The SMILES string of the molecule is O=C(Cn1c(=O)oc2cc(S(=O)(=O)NC3CCCC3)ccc21)NC1CCCC1. The van der Waals surface area contributed by atoms with Gasteiger partial charge in [-0.1, -0.05) is 25.7 Å². The monoisotopic (exact) mass is 407 g/mol. The molecule has 28 heavy (non-hydrogen) atoms. The number of benzene rings is 1. The maximum absolute atomic E-state index is 12.6. The molecule has 2 N–H and O–H groups in total. The third-order valence-electron chi connectivity index (χ3n) is 5.65. The van der Waals surface area contributed by atoms with Crippen LogP contribution in [0.3, 0.4) is 0 Å². The molecule has 2 aliphatic carbocycles. The molecule has 0 unspecified atom stereocenters. The molecule has 0 radical (unpaired) electrons. The summed E-state index contributed by atoms with van der Waals surface area (Å²) in [6.45, 7) is -0.144. The molecule has 1 heterocycles. The number of sulfonamides is 1. The number of hydrogen-bond acceptors (Lipinski definition) is 5. The number of rotatable bonds is 6. The molecule has 8 nitrogen and oxygen atoms in total. The molecule has 0 aliphatic heterocycles. The van der Waals surface area contributed by atoms with Crippen molar-refractivity contribution in [2.75, 3.05) is 0 Å². The standard InChI is InChI=1S/C19H25N3O5S/c23-18(20-13-5-1-2-6-13)12-22-16-10-9-15(11-17(16)27-19(22)24)28(25,26)21-14-7-3-4-8-14/h9-11,13-14,21H,1-8,12H2,(H,20,23). The Labute approximate surface area is 163 Å². The summed E-state index contributed by atoms with van der Waals surface area (Å²) >= 11 is 0. The van der Waals surface area contributed by atoms with Crippen LogP contribution >= 0.6 is 0 Å². The van der Waals surface area contributed by atoms with E-state index in [9.17, 15) is 18.0 Å². The van der Waals surface area contributed by atoms with E-state index in [2.05, 4.69) is 10.0 Å². The first-order chi connectivity index (χ1) is 13.4. The first-order valence-corrected chi connectivity index (χ1v) is 11.4. The molecule has 2 fully saturated rings. The van der Waals surface area contributed by atoms with E-state index in [0.29, 0.717) is 5.52 Å². The van der Waals surface area contributed by atoms with Crippen LogP contribution in [0.4, 0.5) is 0 Å². The molecule has 1 aromatic carbocycles. The highest BCUT2D eigenvalue weighted by molar-refractivity contribution is 7.89. The molecule has 2 aliphatic rings. The number of nitrogens with zero attached hydrogens (tertiary/aromatic N) is 1. The lowest BCUT2D eigenvalue weighted by molar-refractivity contribution is -0.122. The molecule has 4 rings (SSSR count). The largest absolute Gasteiger partial charge is 0.420 e. The molecular weight excluding hydrogens is 382 g/mol. The molecule has 152 valence electrons. The molecule has 2 saturated carbocycles. The summed E-state index contributed by atoms with van der Waals surface area (Å²) in [5, 5.41) is 2.94. The summed E-state index contributed by atoms with van der Waals surface area (Å²) in [5.41, 5.74) is 0.569. The summed E-state index contributed by atoms with van der Waals surface area (Å²) in [6.07, 6.45) is 7.84. The minimum absolute atomic E-state index is 0.0448. The van der Waals surface area contributed by atoms with Crippen molar-refractivity contribution in [3.05, 3.63) is 28.7 Å². The van der Waals surface area contributed by atoms with Gasteiger partial charge in [0.05, 0.1) is 10.4 Å². The van der Waals surface area contributed by atoms with Gasteiger partial charge in [-0.3, -0.25) is 9.36 Å². The van der Waals surface area contributed by atoms with Gasteiger partial charge in [-0.05, 0) is 37.8 Å². The van der Waals surface area contributed by atoms with Crippen LogP contribution in [0.25, 0.3) is 11.1 Å². The fraction of sp³-hybridized carbons (Fsp3) is 0.579. The second-order valence-electron chi connectivity index (χ2n) is 7.74. The first kappa shape index (κ1) is 19.2. The minimum atomic E-state index is -3.68. The Morgan fingerprint density at radius 1 is 1.07 bits per heavy atom. The minimum Gasteiger partial charge on any atom is -0.408 e. The molecule has 9 heteroatoms. The molecule has 1 aromatic heterocycles. The highest BCUT2D eigenvalue weighted by atomic mass is 32.2. The van der Waals surface area contributed by atoms with E-state index >= 15 is 0 Å². The van der Waals surface area contributed by atoms with Crippen LogP contribution in [0.5, 0.6) is 0 Å². The van der Waals surface area contributed by atoms with Gasteiger partial charge in [-0.15, -0.1) is 0 Å². The zero-order chi connectivity index (χ0) is 19.7. The number of fused-ring (bicyclic) bond motifs is 1. The summed E-state index contributed by atoms with van der Waals surface area (Å²) in [5.74, 6) is -0.911. The number of carbonyl (C=O) groups is 1. The summed E-state index contributed by atoms with van der Waals surface area (Å²) in [4.78, 5) is 24.5. The van der Waals surface area contributed by atoms with Crippen LogP contribution in [0.15, 0.2) is 32.3 Å². The molecule has 1 amide bonds. The quantitative estimate of drug-likeness (QED) is 0.760. The average molecular weight is 407 g/mol. The fourth-order valence-corrected chi connectivity index (χ4v) is 5.50. The van der Waals surface area contributed by atoms with Crippen molar-refractivity contribution in [3.63, 3.8) is 0 Å². The Hall–Kier alpha value is -2.13. The van der Waals surface area contributed by atoms with E-state index in [1.54, 1.807) is 0 Å². The Morgan fingerprint density at radius 2 is 1.71 bits per heavy atom. The van der Waals surface area contributed by atoms with E-state index in [1.165, 1.54) is 22.8 Å². The van der Waals surface area contributed by atoms with Gasteiger partial charge in [0, 0.05) is 18.2 Å². The van der Waals surface area contributed by atoms with Crippen LogP contribution in [0, 0.1) is 0 Å². The van der Waals surface area contributed by atoms with Gasteiger partial charge >= 0.3 is 5.76 Å². The zero-order valence-corrected chi connectivity index (χ0v) is 16.5. The Kier molecular flexibility index (Phi) is 5.29. The smallest absolute Gasteiger partial charge is 0.408 e. The maximum atomic E-state index is 12.6. The highest BCUT2D eigenvalue weighted by Gasteiger charge is 2.24. The van der Waals surface area contributed by atoms with E-state index in [0.717, 1.165) is 51.4 Å². The van der Waals surface area contributed by atoms with Crippen molar-refractivity contribution < 1.29 is 17.6 Å². The third-order valence-corrected chi connectivity index (χ3v) is 7.17. The maximum Gasteiger partial charge on any atom is 0.420 e. The van der Waals surface area contributed by atoms with Gasteiger partial charge in [0.25, 0.3) is 0 Å². The lowest BCUT2D eigenvalue weighted by atomic mass is 10.2. The van der Waals surface area contributed by atoms with Crippen molar-refractivity contribution in [3.8, 4) is 0 Å². The van der Waals surface area contributed by atoms with Crippen LogP contribution in [0.1, 0.15) is 51.4 Å². The second kappa shape index (κ2) is 7.71. The molecule has 2 aromatic rings. The molecule has 0 atom stereocenters. The van der Waals surface area contributed by atoms with E-state index < -0.39 is 15.8 Å². The molecule has 0 bridgehead atoms. The number of hydrogen-bond donors (Lipinski definition) is 2. The third kappa shape index (κ3) is 4.00. The van der Waals surface area contributed by atoms with E-state index in [-0.39, 0.29) is 35.0 Å². The Morgan fingerprint density at radius 3 is 2.39 bits per heavy atom. The van der Waals surface area contributed by atoms with Gasteiger partial charge in [-0.2, -0.15) is 0 Å². The van der Waals surface area contributed by atoms with Crippen LogP contribution in [-0.2, 0) is 21.4 Å². The number of carbonyl (C=O) groups excluding carboxylic acids is 1. The van der Waals surface area contributed by atoms with E-state index in [4.69, 9.17) is 4.42 Å².